The number of halogens is 2. The first kappa shape index (κ1) is 22.1. The van der Waals surface area contributed by atoms with E-state index in [0.717, 1.165) is 10.6 Å². The quantitative estimate of drug-likeness (QED) is 0.673. The van der Waals surface area contributed by atoms with Gasteiger partial charge < -0.3 is 14.8 Å². The Kier molecular flexibility index (Phi) is 7.40. The first-order chi connectivity index (χ1) is 13.2. The first-order valence-electron chi connectivity index (χ1n) is 8.06. The second kappa shape index (κ2) is 9.36. The summed E-state index contributed by atoms with van der Waals surface area (Å²) in [7, 11) is -0.865. The molecule has 0 aromatic heterocycles. The van der Waals surface area contributed by atoms with Gasteiger partial charge in [0.15, 0.2) is 0 Å². The highest BCUT2D eigenvalue weighted by molar-refractivity contribution is 7.92. The van der Waals surface area contributed by atoms with Gasteiger partial charge in [0, 0.05) is 22.7 Å². The van der Waals surface area contributed by atoms with E-state index in [4.69, 9.17) is 32.7 Å². The van der Waals surface area contributed by atoms with Crippen LogP contribution in [0.25, 0.3) is 0 Å². The van der Waals surface area contributed by atoms with Crippen LogP contribution in [0.1, 0.15) is 5.56 Å². The van der Waals surface area contributed by atoms with Gasteiger partial charge in [-0.05, 0) is 29.8 Å². The molecule has 0 unspecified atom stereocenters. The Morgan fingerprint density at radius 2 is 1.82 bits per heavy atom. The summed E-state index contributed by atoms with van der Waals surface area (Å²) in [6.45, 7) is -0.293. The molecule has 0 radical (unpaired) electrons. The Morgan fingerprint density at radius 1 is 1.11 bits per heavy atom. The number of amides is 1. The molecule has 0 saturated carbocycles. The topological polar surface area (TPSA) is 84.9 Å². The Hall–Kier alpha value is -2.16. The molecular formula is C18H20Cl2N2O5S. The second-order valence-electron chi connectivity index (χ2n) is 5.82. The standard InChI is InChI=1S/C18H20Cl2N2O5S/c1-26-14-6-7-16(17(9-14)27-2)22(28(3,24)25)11-18(23)21-10-12-4-5-13(19)8-15(12)20/h4-9H,10-11H2,1-3H3,(H,21,23). The lowest BCUT2D eigenvalue weighted by atomic mass is 10.2. The smallest absolute Gasteiger partial charge is 0.241 e. The molecule has 0 spiro atoms. The fourth-order valence-corrected chi connectivity index (χ4v) is 3.75. The lowest BCUT2D eigenvalue weighted by molar-refractivity contribution is -0.119. The summed E-state index contributed by atoms with van der Waals surface area (Å²) in [5, 5.41) is 3.54. The zero-order valence-corrected chi connectivity index (χ0v) is 17.9. The molecule has 0 fully saturated rings. The molecular weight excluding hydrogens is 427 g/mol. The summed E-state index contributed by atoms with van der Waals surface area (Å²) < 4.78 is 35.9. The van der Waals surface area contributed by atoms with E-state index in [0.29, 0.717) is 21.4 Å². The maximum atomic E-state index is 12.4. The van der Waals surface area contributed by atoms with Crippen molar-refractivity contribution in [2.45, 2.75) is 6.54 Å². The van der Waals surface area contributed by atoms with Gasteiger partial charge in [0.05, 0.1) is 26.2 Å². The molecule has 2 aromatic carbocycles. The number of sulfonamides is 1. The molecule has 0 aliphatic heterocycles. The zero-order valence-electron chi connectivity index (χ0n) is 15.5. The summed E-state index contributed by atoms with van der Waals surface area (Å²) >= 11 is 11.9. The zero-order chi connectivity index (χ0) is 20.9. The number of benzene rings is 2. The largest absolute Gasteiger partial charge is 0.497 e. The van der Waals surface area contributed by atoms with Gasteiger partial charge in [0.2, 0.25) is 15.9 Å². The van der Waals surface area contributed by atoms with E-state index in [1.54, 1.807) is 30.3 Å². The van der Waals surface area contributed by atoms with E-state index in [1.807, 2.05) is 0 Å². The number of ether oxygens (including phenoxy) is 2. The van der Waals surface area contributed by atoms with Crippen LogP contribution in [0.5, 0.6) is 11.5 Å². The van der Waals surface area contributed by atoms with Crippen molar-refractivity contribution in [1.29, 1.82) is 0 Å². The minimum atomic E-state index is -3.75. The van der Waals surface area contributed by atoms with Crippen LogP contribution in [0.4, 0.5) is 5.69 Å². The van der Waals surface area contributed by atoms with Crippen molar-refractivity contribution < 1.29 is 22.7 Å². The van der Waals surface area contributed by atoms with E-state index in [-0.39, 0.29) is 18.0 Å². The fourth-order valence-electron chi connectivity index (χ4n) is 2.42. The fraction of sp³-hybridized carbons (Fsp3) is 0.278. The van der Waals surface area contributed by atoms with E-state index >= 15 is 0 Å². The van der Waals surface area contributed by atoms with Crippen LogP contribution in [-0.4, -0.2) is 41.3 Å². The van der Waals surface area contributed by atoms with Crippen LogP contribution in [0.15, 0.2) is 36.4 Å². The van der Waals surface area contributed by atoms with Gasteiger partial charge in [-0.3, -0.25) is 9.10 Å². The average Bonchev–Trinajstić information content (AvgIpc) is 2.64. The van der Waals surface area contributed by atoms with Crippen LogP contribution in [0, 0.1) is 0 Å². The molecule has 152 valence electrons. The molecule has 0 aliphatic carbocycles. The molecule has 7 nitrogen and oxygen atoms in total. The molecule has 0 atom stereocenters. The highest BCUT2D eigenvalue weighted by Gasteiger charge is 2.24. The number of hydrogen-bond donors (Lipinski definition) is 1. The lowest BCUT2D eigenvalue weighted by Crippen LogP contribution is -2.40. The summed E-state index contributed by atoms with van der Waals surface area (Å²) in [5.74, 6) is 0.253. The van der Waals surface area contributed by atoms with Crippen LogP contribution >= 0.6 is 23.2 Å². The van der Waals surface area contributed by atoms with Crippen LogP contribution in [0.3, 0.4) is 0 Å². The van der Waals surface area contributed by atoms with Gasteiger partial charge in [-0.1, -0.05) is 29.3 Å². The van der Waals surface area contributed by atoms with Gasteiger partial charge in [-0.15, -0.1) is 0 Å². The molecule has 0 bridgehead atoms. The second-order valence-corrected chi connectivity index (χ2v) is 8.57. The third kappa shape index (κ3) is 5.67. The van der Waals surface area contributed by atoms with Crippen molar-refractivity contribution in [2.24, 2.45) is 0 Å². The molecule has 1 N–H and O–H groups in total. The van der Waals surface area contributed by atoms with E-state index in [9.17, 15) is 13.2 Å². The van der Waals surface area contributed by atoms with E-state index < -0.39 is 22.5 Å². The number of methoxy groups -OCH3 is 2. The van der Waals surface area contributed by atoms with Crippen molar-refractivity contribution in [1.82, 2.24) is 5.32 Å². The van der Waals surface area contributed by atoms with Gasteiger partial charge in [0.25, 0.3) is 0 Å². The number of hydrogen-bond acceptors (Lipinski definition) is 5. The van der Waals surface area contributed by atoms with Crippen LogP contribution < -0.4 is 19.1 Å². The monoisotopic (exact) mass is 446 g/mol. The highest BCUT2D eigenvalue weighted by atomic mass is 35.5. The Morgan fingerprint density at radius 3 is 2.39 bits per heavy atom. The first-order valence-corrected chi connectivity index (χ1v) is 10.7. The molecule has 10 heteroatoms. The van der Waals surface area contributed by atoms with Gasteiger partial charge in [-0.2, -0.15) is 0 Å². The lowest BCUT2D eigenvalue weighted by Gasteiger charge is -2.24. The minimum Gasteiger partial charge on any atom is -0.497 e. The predicted molar refractivity (Wildman–Crippen MR) is 110 cm³/mol. The maximum Gasteiger partial charge on any atom is 0.241 e. The molecule has 0 heterocycles. The molecule has 2 rings (SSSR count). The number of rotatable bonds is 8. The van der Waals surface area contributed by atoms with Crippen molar-refractivity contribution in [3.8, 4) is 11.5 Å². The molecule has 0 aliphatic rings. The number of nitrogens with zero attached hydrogens (tertiary/aromatic N) is 1. The average molecular weight is 447 g/mol. The number of nitrogens with one attached hydrogen (secondary N) is 1. The summed E-state index contributed by atoms with van der Waals surface area (Å²) in [6, 6.07) is 9.55. The SMILES string of the molecule is COc1ccc(N(CC(=O)NCc2ccc(Cl)cc2Cl)S(C)(=O)=O)c(OC)c1. The van der Waals surface area contributed by atoms with Gasteiger partial charge in [0.1, 0.15) is 18.0 Å². The molecule has 0 saturated heterocycles. The van der Waals surface area contributed by atoms with Crippen molar-refractivity contribution in [3.63, 3.8) is 0 Å². The minimum absolute atomic E-state index is 0.131. The van der Waals surface area contributed by atoms with Gasteiger partial charge in [-0.25, -0.2) is 8.42 Å². The van der Waals surface area contributed by atoms with Crippen molar-refractivity contribution in [3.05, 3.63) is 52.0 Å². The Bertz CT molecular complexity index is 966. The van der Waals surface area contributed by atoms with Crippen LogP contribution in [-0.2, 0) is 21.4 Å². The van der Waals surface area contributed by atoms with Gasteiger partial charge >= 0.3 is 0 Å². The number of anilines is 1. The third-order valence-electron chi connectivity index (χ3n) is 3.83. The maximum absolute atomic E-state index is 12.4. The predicted octanol–water partition coefficient (Wildman–Crippen LogP) is 3.09. The highest BCUT2D eigenvalue weighted by Crippen LogP contribution is 2.33. The molecule has 2 aromatic rings. The van der Waals surface area contributed by atoms with E-state index in [2.05, 4.69) is 5.32 Å². The third-order valence-corrected chi connectivity index (χ3v) is 5.55. The Balaban J connectivity index is 2.20. The number of carbonyl (C=O) groups excluding carboxylic acids is 1. The van der Waals surface area contributed by atoms with Crippen molar-refractivity contribution in [2.75, 3.05) is 31.3 Å². The number of carbonyl (C=O) groups is 1. The molecule has 28 heavy (non-hydrogen) atoms. The molecule has 1 amide bonds. The summed E-state index contributed by atoms with van der Waals surface area (Å²) in [5.41, 5.74) is 0.887. The normalized spacial score (nSPS) is 11.0. The Labute approximate surface area is 174 Å². The summed E-state index contributed by atoms with van der Waals surface area (Å²) in [6.07, 6.45) is 1.01. The summed E-state index contributed by atoms with van der Waals surface area (Å²) in [4.78, 5) is 12.4. The van der Waals surface area contributed by atoms with Crippen LogP contribution in [0.2, 0.25) is 10.0 Å². The van der Waals surface area contributed by atoms with Crippen molar-refractivity contribution >= 4 is 44.8 Å². The van der Waals surface area contributed by atoms with E-state index in [1.165, 1.54) is 20.3 Å².